The van der Waals surface area contributed by atoms with Crippen LogP contribution in [0.3, 0.4) is 0 Å². The third-order valence-corrected chi connectivity index (χ3v) is 7.87. The van der Waals surface area contributed by atoms with Crippen LogP contribution in [-0.2, 0) is 14.8 Å². The molecule has 0 amide bonds. The molecule has 1 aliphatic heterocycles. The molecule has 1 aliphatic rings. The Balaban J connectivity index is 1.95. The Morgan fingerprint density at radius 3 is 2.56 bits per heavy atom. The van der Waals surface area contributed by atoms with Crippen LogP contribution >= 0.6 is 0 Å². The Kier molecular flexibility index (Phi) is 8.81. The zero-order valence-electron chi connectivity index (χ0n) is 20.3. The minimum Gasteiger partial charge on any atom is -0.384 e. The molecule has 0 aromatic heterocycles. The van der Waals surface area contributed by atoms with Crippen LogP contribution in [0.15, 0.2) is 36.4 Å². The molecule has 2 aromatic carbocycles. The summed E-state index contributed by atoms with van der Waals surface area (Å²) >= 11 is 0. The normalized spacial score (nSPS) is 17.8. The van der Waals surface area contributed by atoms with Crippen molar-refractivity contribution in [1.82, 2.24) is 9.21 Å². The molecule has 0 saturated carbocycles. The lowest BCUT2D eigenvalue weighted by molar-refractivity contribution is 0.104. The highest BCUT2D eigenvalue weighted by molar-refractivity contribution is 7.89. The van der Waals surface area contributed by atoms with E-state index >= 15 is 0 Å². The molecule has 0 radical (unpaired) electrons. The summed E-state index contributed by atoms with van der Waals surface area (Å²) in [6.07, 6.45) is 1.29. The number of hydrogen-bond acceptors (Lipinski definition) is 6. The number of nitrogens with zero attached hydrogens (tertiary/aromatic N) is 2. The zero-order valence-corrected chi connectivity index (χ0v) is 21.2. The predicted molar refractivity (Wildman–Crippen MR) is 135 cm³/mol. The summed E-state index contributed by atoms with van der Waals surface area (Å²) < 4.78 is 45.6. The maximum atomic E-state index is 13.3. The number of halogens is 1. The van der Waals surface area contributed by atoms with Crippen molar-refractivity contribution in [3.63, 3.8) is 0 Å². The minimum absolute atomic E-state index is 0.0361. The number of methoxy groups -OCH3 is 1. The highest BCUT2D eigenvalue weighted by atomic mass is 32.2. The molecule has 3 rings (SSSR count). The van der Waals surface area contributed by atoms with Crippen LogP contribution in [0.25, 0.3) is 0 Å². The number of nitrogens with one attached hydrogen (secondary N) is 2. The van der Waals surface area contributed by atoms with Gasteiger partial charge in [0, 0.05) is 62.5 Å². The van der Waals surface area contributed by atoms with Gasteiger partial charge in [-0.25, -0.2) is 12.8 Å². The third-order valence-electron chi connectivity index (χ3n) is 6.07. The highest BCUT2D eigenvalue weighted by Crippen LogP contribution is 2.33. The summed E-state index contributed by atoms with van der Waals surface area (Å²) in [5.41, 5.74) is 4.18. The predicted octanol–water partition coefficient (Wildman–Crippen LogP) is 4.17. The second-order valence-corrected chi connectivity index (χ2v) is 11.2. The topological polar surface area (TPSA) is 85.7 Å². The second-order valence-electron chi connectivity index (χ2n) is 9.14. The number of piperazine rings is 1. The van der Waals surface area contributed by atoms with Gasteiger partial charge in [0.25, 0.3) is 0 Å². The summed E-state index contributed by atoms with van der Waals surface area (Å²) in [4.78, 5) is 2.34. The van der Waals surface area contributed by atoms with Crippen molar-refractivity contribution in [3.8, 4) is 0 Å². The lowest BCUT2D eigenvalue weighted by atomic mass is 9.94. The van der Waals surface area contributed by atoms with E-state index in [9.17, 15) is 12.8 Å². The number of ether oxygens (including phenoxy) is 1. The molecule has 0 aliphatic carbocycles. The van der Waals surface area contributed by atoms with E-state index in [1.165, 1.54) is 25.5 Å². The van der Waals surface area contributed by atoms with Gasteiger partial charge in [-0.1, -0.05) is 13.8 Å². The SMILES string of the molecule is COCCS(=O)(=O)N1CCN(CC(C)C)[C@@H](c2cc(C=N)c(Nc3ccc(F)cc3)cc2C)C1. The van der Waals surface area contributed by atoms with Crippen molar-refractivity contribution in [2.45, 2.75) is 26.8 Å². The van der Waals surface area contributed by atoms with Gasteiger partial charge >= 0.3 is 0 Å². The number of benzene rings is 2. The molecule has 0 spiro atoms. The summed E-state index contributed by atoms with van der Waals surface area (Å²) in [6.45, 7) is 8.80. The van der Waals surface area contributed by atoms with E-state index < -0.39 is 10.0 Å². The van der Waals surface area contributed by atoms with E-state index in [1.54, 1.807) is 16.4 Å². The fourth-order valence-corrected chi connectivity index (χ4v) is 5.73. The monoisotopic (exact) mass is 490 g/mol. The molecular weight excluding hydrogens is 455 g/mol. The quantitative estimate of drug-likeness (QED) is 0.489. The van der Waals surface area contributed by atoms with Crippen LogP contribution in [0.2, 0.25) is 0 Å². The summed E-state index contributed by atoms with van der Waals surface area (Å²) in [5.74, 6) is 0.0871. The van der Waals surface area contributed by atoms with Gasteiger partial charge in [-0.3, -0.25) is 4.90 Å². The standard InChI is InChI=1S/C25H35FN4O3S/c1-18(2)16-29-9-10-30(34(31,32)12-11-33-4)17-25(29)23-14-20(15-27)24(13-19(23)3)28-22-7-5-21(26)6-8-22/h5-8,13-15,18,25,27-28H,9-12,16-17H2,1-4H3/t25-/m1/s1. The first-order valence-corrected chi connectivity index (χ1v) is 13.1. The van der Waals surface area contributed by atoms with Crippen molar-refractivity contribution in [3.05, 3.63) is 58.9 Å². The Hall–Kier alpha value is -2.33. The molecular formula is C25H35FN4O3S. The number of sulfonamides is 1. The zero-order chi connectivity index (χ0) is 24.9. The molecule has 2 N–H and O–H groups in total. The molecule has 0 bridgehead atoms. The molecule has 34 heavy (non-hydrogen) atoms. The lowest BCUT2D eigenvalue weighted by Crippen LogP contribution is -2.52. The average molecular weight is 491 g/mol. The molecule has 1 atom stereocenters. The van der Waals surface area contributed by atoms with Crippen molar-refractivity contribution < 1.29 is 17.5 Å². The Bertz CT molecular complexity index is 1090. The smallest absolute Gasteiger partial charge is 0.216 e. The Labute approximate surface area is 202 Å². The maximum absolute atomic E-state index is 13.3. The van der Waals surface area contributed by atoms with Crippen LogP contribution in [0, 0.1) is 24.1 Å². The van der Waals surface area contributed by atoms with Gasteiger partial charge in [0.1, 0.15) is 5.82 Å². The fraction of sp³-hybridized carbons (Fsp3) is 0.480. The van der Waals surface area contributed by atoms with Gasteiger partial charge in [-0.05, 0) is 60.4 Å². The van der Waals surface area contributed by atoms with Gasteiger partial charge in [0.15, 0.2) is 0 Å². The molecule has 9 heteroatoms. The molecule has 186 valence electrons. The Morgan fingerprint density at radius 2 is 1.94 bits per heavy atom. The van der Waals surface area contributed by atoms with Crippen molar-refractivity contribution in [2.24, 2.45) is 5.92 Å². The molecule has 1 heterocycles. The van der Waals surface area contributed by atoms with Gasteiger partial charge in [-0.15, -0.1) is 0 Å². The number of aryl methyl sites for hydroxylation is 1. The fourth-order valence-electron chi connectivity index (χ4n) is 4.37. The van der Waals surface area contributed by atoms with E-state index in [4.69, 9.17) is 10.1 Å². The largest absolute Gasteiger partial charge is 0.384 e. The summed E-state index contributed by atoms with van der Waals surface area (Å²) in [7, 11) is -1.92. The minimum atomic E-state index is -3.43. The van der Waals surface area contributed by atoms with Crippen LogP contribution in [0.1, 0.15) is 36.6 Å². The highest BCUT2D eigenvalue weighted by Gasteiger charge is 2.35. The van der Waals surface area contributed by atoms with Crippen molar-refractivity contribution in [1.29, 1.82) is 5.41 Å². The van der Waals surface area contributed by atoms with Crippen LogP contribution in [0.4, 0.5) is 15.8 Å². The van der Waals surface area contributed by atoms with Crippen LogP contribution in [0.5, 0.6) is 0 Å². The second kappa shape index (κ2) is 11.4. The molecule has 1 saturated heterocycles. The molecule has 1 fully saturated rings. The first-order valence-electron chi connectivity index (χ1n) is 11.5. The number of rotatable bonds is 10. The molecule has 0 unspecified atom stereocenters. The van der Waals surface area contributed by atoms with Gasteiger partial charge in [-0.2, -0.15) is 4.31 Å². The Morgan fingerprint density at radius 1 is 1.24 bits per heavy atom. The van der Waals surface area contributed by atoms with E-state index in [0.717, 1.165) is 29.0 Å². The van der Waals surface area contributed by atoms with Gasteiger partial charge in [0.2, 0.25) is 10.0 Å². The molecule has 7 nitrogen and oxygen atoms in total. The average Bonchev–Trinajstić information content (AvgIpc) is 2.79. The summed E-state index contributed by atoms with van der Waals surface area (Å²) in [6, 6.07) is 9.91. The van der Waals surface area contributed by atoms with E-state index in [0.29, 0.717) is 31.1 Å². The first kappa shape index (κ1) is 26.3. The van der Waals surface area contributed by atoms with Crippen molar-refractivity contribution in [2.75, 3.05) is 51.0 Å². The van der Waals surface area contributed by atoms with Gasteiger partial charge in [0.05, 0.1) is 12.4 Å². The first-order chi connectivity index (χ1) is 16.1. The van der Waals surface area contributed by atoms with Gasteiger partial charge < -0.3 is 15.5 Å². The third kappa shape index (κ3) is 6.41. The van der Waals surface area contributed by atoms with E-state index in [2.05, 4.69) is 24.1 Å². The van der Waals surface area contributed by atoms with Crippen LogP contribution in [-0.4, -0.2) is 69.5 Å². The van der Waals surface area contributed by atoms with E-state index in [-0.39, 0.29) is 24.2 Å². The number of hydrogen-bond donors (Lipinski definition) is 2. The van der Waals surface area contributed by atoms with Crippen LogP contribution < -0.4 is 5.32 Å². The lowest BCUT2D eigenvalue weighted by Gasteiger charge is -2.42. The van der Waals surface area contributed by atoms with E-state index in [1.807, 2.05) is 19.1 Å². The maximum Gasteiger partial charge on any atom is 0.216 e. The summed E-state index contributed by atoms with van der Waals surface area (Å²) in [5, 5.41) is 11.3. The van der Waals surface area contributed by atoms with Crippen molar-refractivity contribution >= 4 is 27.6 Å². The molecule has 2 aromatic rings. The number of anilines is 2.